The number of nitrogens with one attached hydrogen (secondary N) is 2. The number of likely N-dealkylation sites (tertiary alicyclic amines) is 1. The molecule has 7 heteroatoms. The molecule has 1 aromatic heterocycles. The summed E-state index contributed by atoms with van der Waals surface area (Å²) in [7, 11) is 0. The Labute approximate surface area is 154 Å². The second kappa shape index (κ2) is 8.80. The largest absolute Gasteiger partial charge is 0.338 e. The fourth-order valence-electron chi connectivity index (χ4n) is 3.22. The Hall–Kier alpha value is -2.41. The molecule has 1 saturated heterocycles. The molecule has 3 rings (SSSR count). The topological polar surface area (TPSA) is 83.3 Å². The molecule has 1 atom stereocenters. The van der Waals surface area contributed by atoms with Crippen LogP contribution < -0.4 is 10.6 Å². The zero-order valence-electron chi connectivity index (χ0n) is 15.4. The summed E-state index contributed by atoms with van der Waals surface area (Å²) in [5, 5.41) is 9.96. The number of hydrogen-bond donors (Lipinski definition) is 2. The van der Waals surface area contributed by atoms with E-state index in [1.54, 1.807) is 0 Å². The van der Waals surface area contributed by atoms with Crippen molar-refractivity contribution < 1.29 is 9.32 Å². The highest BCUT2D eigenvalue weighted by Crippen LogP contribution is 2.23. The lowest BCUT2D eigenvalue weighted by molar-refractivity contribution is 0.131. The molecule has 1 aliphatic heterocycles. The Bertz CT molecular complexity index is 695. The van der Waals surface area contributed by atoms with Gasteiger partial charge in [-0.1, -0.05) is 30.3 Å². The van der Waals surface area contributed by atoms with E-state index in [1.165, 1.54) is 0 Å². The maximum Gasteiger partial charge on any atom is 0.319 e. The van der Waals surface area contributed by atoms with Crippen molar-refractivity contribution >= 4 is 11.7 Å². The molecule has 26 heavy (non-hydrogen) atoms. The first kappa shape index (κ1) is 18.4. The fraction of sp³-hybridized carbons (Fsp3) is 0.526. The number of benzene rings is 1. The molecule has 2 heterocycles. The standard InChI is InChI=1S/C19H27N5O2/c1-3-7-17-22-18(26-23-17)14(2)24-12-10-16(11-13-24)21-19(25)20-15-8-5-4-6-9-15/h4-6,8-9,14,16H,3,7,10-13H2,1-2H3,(H2,20,21,25). The average molecular weight is 357 g/mol. The van der Waals surface area contributed by atoms with E-state index in [0.29, 0.717) is 5.89 Å². The number of urea groups is 1. The smallest absolute Gasteiger partial charge is 0.319 e. The Kier molecular flexibility index (Phi) is 6.22. The third-order valence-corrected chi connectivity index (χ3v) is 4.76. The van der Waals surface area contributed by atoms with Crippen LogP contribution in [0.15, 0.2) is 34.9 Å². The van der Waals surface area contributed by atoms with Gasteiger partial charge >= 0.3 is 6.03 Å². The molecular weight excluding hydrogens is 330 g/mol. The van der Waals surface area contributed by atoms with Gasteiger partial charge in [0.25, 0.3) is 0 Å². The van der Waals surface area contributed by atoms with E-state index in [2.05, 4.69) is 39.5 Å². The van der Waals surface area contributed by atoms with Gasteiger partial charge in [0.05, 0.1) is 6.04 Å². The Morgan fingerprint density at radius 3 is 2.73 bits per heavy atom. The lowest BCUT2D eigenvalue weighted by Crippen LogP contribution is -2.46. The number of nitrogens with zero attached hydrogens (tertiary/aromatic N) is 3. The number of rotatable bonds is 6. The van der Waals surface area contributed by atoms with Gasteiger partial charge in [0.2, 0.25) is 5.89 Å². The molecule has 1 aliphatic rings. The predicted octanol–water partition coefficient (Wildman–Crippen LogP) is 3.37. The summed E-state index contributed by atoms with van der Waals surface area (Å²) in [6, 6.07) is 9.62. The SMILES string of the molecule is CCCc1noc(C(C)N2CCC(NC(=O)Nc3ccccc3)CC2)n1. The molecule has 0 radical (unpaired) electrons. The first-order valence-corrected chi connectivity index (χ1v) is 9.34. The van der Waals surface area contributed by atoms with Crippen LogP contribution in [-0.4, -0.2) is 40.2 Å². The van der Waals surface area contributed by atoms with Crippen LogP contribution >= 0.6 is 0 Å². The second-order valence-electron chi connectivity index (χ2n) is 6.75. The van der Waals surface area contributed by atoms with Crippen molar-refractivity contribution in [3.8, 4) is 0 Å². The highest BCUT2D eigenvalue weighted by molar-refractivity contribution is 5.89. The molecular formula is C19H27N5O2. The van der Waals surface area contributed by atoms with E-state index in [4.69, 9.17) is 4.52 Å². The van der Waals surface area contributed by atoms with Crippen molar-refractivity contribution in [1.82, 2.24) is 20.4 Å². The minimum atomic E-state index is -0.149. The molecule has 0 bridgehead atoms. The average Bonchev–Trinajstić information content (AvgIpc) is 3.11. The minimum Gasteiger partial charge on any atom is -0.338 e. The molecule has 2 aromatic rings. The maximum absolute atomic E-state index is 12.1. The van der Waals surface area contributed by atoms with Crippen LogP contribution in [0, 0.1) is 0 Å². The predicted molar refractivity (Wildman–Crippen MR) is 99.9 cm³/mol. The van der Waals surface area contributed by atoms with Crippen molar-refractivity contribution in [2.75, 3.05) is 18.4 Å². The normalized spacial score (nSPS) is 17.0. The highest BCUT2D eigenvalue weighted by atomic mass is 16.5. The molecule has 2 amide bonds. The van der Waals surface area contributed by atoms with Crippen LogP contribution in [0.5, 0.6) is 0 Å². The highest BCUT2D eigenvalue weighted by Gasteiger charge is 2.27. The van der Waals surface area contributed by atoms with E-state index in [9.17, 15) is 4.79 Å². The van der Waals surface area contributed by atoms with Crippen LogP contribution in [0.1, 0.15) is 50.9 Å². The van der Waals surface area contributed by atoms with E-state index in [1.807, 2.05) is 30.3 Å². The molecule has 1 unspecified atom stereocenters. The summed E-state index contributed by atoms with van der Waals surface area (Å²) in [5.74, 6) is 1.46. The summed E-state index contributed by atoms with van der Waals surface area (Å²) in [6.45, 7) is 5.98. The van der Waals surface area contributed by atoms with Gasteiger partial charge in [-0.25, -0.2) is 4.79 Å². The van der Waals surface area contributed by atoms with Crippen molar-refractivity contribution in [2.45, 2.75) is 51.6 Å². The van der Waals surface area contributed by atoms with Crippen molar-refractivity contribution in [3.05, 3.63) is 42.0 Å². The van der Waals surface area contributed by atoms with E-state index in [-0.39, 0.29) is 18.1 Å². The third-order valence-electron chi connectivity index (χ3n) is 4.76. The number of hydrogen-bond acceptors (Lipinski definition) is 5. The zero-order valence-corrected chi connectivity index (χ0v) is 15.4. The molecule has 2 N–H and O–H groups in total. The summed E-state index contributed by atoms with van der Waals surface area (Å²) >= 11 is 0. The number of para-hydroxylation sites is 1. The number of aryl methyl sites for hydroxylation is 1. The Balaban J connectivity index is 1.45. The lowest BCUT2D eigenvalue weighted by atomic mass is 10.0. The van der Waals surface area contributed by atoms with Crippen molar-refractivity contribution in [2.24, 2.45) is 0 Å². The number of carbonyl (C=O) groups excluding carboxylic acids is 1. The lowest BCUT2D eigenvalue weighted by Gasteiger charge is -2.34. The van der Waals surface area contributed by atoms with E-state index >= 15 is 0 Å². The van der Waals surface area contributed by atoms with Gasteiger partial charge in [-0.2, -0.15) is 4.98 Å². The monoisotopic (exact) mass is 357 g/mol. The summed E-state index contributed by atoms with van der Waals surface area (Å²) in [5.41, 5.74) is 0.801. The molecule has 0 spiro atoms. The molecule has 7 nitrogen and oxygen atoms in total. The fourth-order valence-corrected chi connectivity index (χ4v) is 3.22. The summed E-state index contributed by atoms with van der Waals surface area (Å²) < 4.78 is 5.41. The van der Waals surface area contributed by atoms with Crippen LogP contribution in [0.3, 0.4) is 0 Å². The first-order chi connectivity index (χ1) is 12.7. The zero-order chi connectivity index (χ0) is 18.4. The van der Waals surface area contributed by atoms with Gasteiger partial charge < -0.3 is 15.2 Å². The van der Waals surface area contributed by atoms with E-state index < -0.39 is 0 Å². The number of carbonyl (C=O) groups is 1. The van der Waals surface area contributed by atoms with Gasteiger partial charge in [-0.15, -0.1) is 0 Å². The molecule has 1 fully saturated rings. The number of amides is 2. The van der Waals surface area contributed by atoms with Crippen LogP contribution in [0.25, 0.3) is 0 Å². The maximum atomic E-state index is 12.1. The van der Waals surface area contributed by atoms with Gasteiger partial charge in [0, 0.05) is 31.2 Å². The molecule has 0 aliphatic carbocycles. The second-order valence-corrected chi connectivity index (χ2v) is 6.75. The van der Waals surface area contributed by atoms with Gasteiger partial charge in [-0.05, 0) is 38.3 Å². The van der Waals surface area contributed by atoms with Crippen LogP contribution in [0.4, 0.5) is 10.5 Å². The quantitative estimate of drug-likeness (QED) is 0.828. The Morgan fingerprint density at radius 2 is 2.04 bits per heavy atom. The summed E-state index contributed by atoms with van der Waals surface area (Å²) in [4.78, 5) is 18.9. The van der Waals surface area contributed by atoms with Gasteiger partial charge in [-0.3, -0.25) is 4.90 Å². The minimum absolute atomic E-state index is 0.104. The molecule has 140 valence electrons. The first-order valence-electron chi connectivity index (χ1n) is 9.34. The van der Waals surface area contributed by atoms with Gasteiger partial charge in [0.15, 0.2) is 5.82 Å². The molecule has 0 saturated carbocycles. The molecule has 1 aromatic carbocycles. The number of anilines is 1. The van der Waals surface area contributed by atoms with Crippen molar-refractivity contribution in [3.63, 3.8) is 0 Å². The Morgan fingerprint density at radius 1 is 1.31 bits per heavy atom. The van der Waals surface area contributed by atoms with Crippen LogP contribution in [0.2, 0.25) is 0 Å². The summed E-state index contributed by atoms with van der Waals surface area (Å²) in [6.07, 6.45) is 3.67. The van der Waals surface area contributed by atoms with Crippen LogP contribution in [-0.2, 0) is 6.42 Å². The third kappa shape index (κ3) is 4.82. The number of aromatic nitrogens is 2. The van der Waals surface area contributed by atoms with E-state index in [0.717, 1.165) is 50.3 Å². The van der Waals surface area contributed by atoms with Gasteiger partial charge in [0.1, 0.15) is 0 Å². The van der Waals surface area contributed by atoms with Crippen molar-refractivity contribution in [1.29, 1.82) is 0 Å². The number of piperidine rings is 1.